The molecule has 1 amide bonds. The van der Waals surface area contributed by atoms with Crippen LogP contribution in [-0.2, 0) is 20.7 Å². The number of benzene rings is 2. The lowest BCUT2D eigenvalue weighted by Crippen LogP contribution is -2.37. The number of thioether (sulfide) groups is 1. The van der Waals surface area contributed by atoms with Gasteiger partial charge in [0.1, 0.15) is 5.82 Å². The van der Waals surface area contributed by atoms with Gasteiger partial charge in [-0.15, -0.1) is 11.8 Å². The van der Waals surface area contributed by atoms with E-state index in [0.717, 1.165) is 17.3 Å². The summed E-state index contributed by atoms with van der Waals surface area (Å²) in [5, 5.41) is 13.3. The van der Waals surface area contributed by atoms with Gasteiger partial charge in [-0.25, -0.2) is 4.39 Å². The third kappa shape index (κ3) is 6.99. The third-order valence-corrected chi connectivity index (χ3v) is 4.69. The number of nitro groups is 1. The zero-order valence-electron chi connectivity index (χ0n) is 15.1. The van der Waals surface area contributed by atoms with E-state index in [1.807, 2.05) is 0 Å². The Morgan fingerprint density at radius 2 is 1.82 bits per heavy atom. The Bertz CT molecular complexity index is 827. The molecule has 0 spiro atoms. The molecule has 1 N–H and O–H groups in total. The van der Waals surface area contributed by atoms with E-state index >= 15 is 0 Å². The minimum atomic E-state index is -0.946. The average molecular weight is 406 g/mol. The number of carbonyl (C=O) groups is 2. The number of nitro benzene ring substituents is 1. The van der Waals surface area contributed by atoms with Crippen molar-refractivity contribution in [2.75, 3.05) is 12.3 Å². The molecule has 28 heavy (non-hydrogen) atoms. The van der Waals surface area contributed by atoms with Crippen LogP contribution in [0.4, 0.5) is 10.1 Å². The van der Waals surface area contributed by atoms with Gasteiger partial charge < -0.3 is 10.1 Å². The fourth-order valence-corrected chi connectivity index (χ4v) is 2.90. The molecule has 0 fully saturated rings. The Morgan fingerprint density at radius 1 is 1.18 bits per heavy atom. The quantitative estimate of drug-likeness (QED) is 0.297. The molecule has 2 aromatic rings. The number of ether oxygens (including phenoxy) is 1. The highest BCUT2D eigenvalue weighted by Gasteiger charge is 2.17. The first-order chi connectivity index (χ1) is 13.3. The summed E-state index contributed by atoms with van der Waals surface area (Å²) in [4.78, 5) is 34.6. The van der Waals surface area contributed by atoms with E-state index in [-0.39, 0.29) is 17.3 Å². The zero-order chi connectivity index (χ0) is 20.5. The van der Waals surface area contributed by atoms with Gasteiger partial charge in [-0.3, -0.25) is 19.7 Å². The first-order valence-corrected chi connectivity index (χ1v) is 9.42. The maximum absolute atomic E-state index is 12.8. The Balaban J connectivity index is 1.69. The van der Waals surface area contributed by atoms with E-state index in [4.69, 9.17) is 4.74 Å². The lowest BCUT2D eigenvalue weighted by molar-refractivity contribution is -0.384. The van der Waals surface area contributed by atoms with Crippen LogP contribution in [-0.4, -0.2) is 35.2 Å². The molecule has 2 aromatic carbocycles. The van der Waals surface area contributed by atoms with Gasteiger partial charge >= 0.3 is 5.97 Å². The van der Waals surface area contributed by atoms with Crippen LogP contribution in [0.3, 0.4) is 0 Å². The monoisotopic (exact) mass is 406 g/mol. The smallest absolute Gasteiger partial charge is 0.317 e. The van der Waals surface area contributed by atoms with Crippen molar-refractivity contribution in [3.05, 3.63) is 70.0 Å². The Morgan fingerprint density at radius 3 is 2.43 bits per heavy atom. The number of nitrogens with one attached hydrogen (secondary N) is 1. The van der Waals surface area contributed by atoms with Crippen molar-refractivity contribution in [3.8, 4) is 0 Å². The Labute approximate surface area is 165 Å². The summed E-state index contributed by atoms with van der Waals surface area (Å²) in [5.74, 6) is -1.33. The molecule has 0 bridgehead atoms. The number of halogens is 1. The van der Waals surface area contributed by atoms with E-state index in [1.165, 1.54) is 31.2 Å². The fraction of sp³-hybridized carbons (Fsp3) is 0.263. The molecule has 0 aromatic heterocycles. The van der Waals surface area contributed by atoms with Crippen molar-refractivity contribution in [1.82, 2.24) is 5.32 Å². The summed E-state index contributed by atoms with van der Waals surface area (Å²) in [6.07, 6.45) is -0.416. The van der Waals surface area contributed by atoms with Crippen LogP contribution in [0.15, 0.2) is 53.4 Å². The zero-order valence-corrected chi connectivity index (χ0v) is 15.9. The summed E-state index contributed by atoms with van der Waals surface area (Å²) in [6, 6.07) is 11.8. The van der Waals surface area contributed by atoms with Crippen LogP contribution in [0.5, 0.6) is 0 Å². The van der Waals surface area contributed by atoms with E-state index in [2.05, 4.69) is 5.32 Å². The van der Waals surface area contributed by atoms with Crippen LogP contribution >= 0.6 is 11.8 Å². The number of rotatable bonds is 9. The molecule has 0 aliphatic carbocycles. The highest BCUT2D eigenvalue weighted by Crippen LogP contribution is 2.21. The van der Waals surface area contributed by atoms with Crippen LogP contribution in [0.1, 0.15) is 12.5 Å². The molecule has 9 heteroatoms. The number of carbonyl (C=O) groups excluding carboxylic acids is 2. The molecule has 0 saturated carbocycles. The molecule has 148 valence electrons. The molecular weight excluding hydrogens is 387 g/mol. The second-order valence-electron chi connectivity index (χ2n) is 5.84. The van der Waals surface area contributed by atoms with Gasteiger partial charge in [0, 0.05) is 23.6 Å². The first kappa shape index (κ1) is 21.4. The molecule has 0 unspecified atom stereocenters. The lowest BCUT2D eigenvalue weighted by Gasteiger charge is -2.13. The standard InChI is InChI=1S/C19H19FN2O5S/c1-13(19(24)21-11-10-14-2-4-15(20)5-3-14)27-18(23)12-28-17-8-6-16(7-9-17)22(25)26/h2-9,13H,10-12H2,1H3,(H,21,24)/t13-/m1/s1. The van der Waals surface area contributed by atoms with Gasteiger partial charge in [-0.1, -0.05) is 12.1 Å². The van der Waals surface area contributed by atoms with Gasteiger partial charge in [0.25, 0.3) is 11.6 Å². The molecule has 0 aliphatic rings. The van der Waals surface area contributed by atoms with Crippen molar-refractivity contribution < 1.29 is 23.6 Å². The Hall–Kier alpha value is -2.94. The van der Waals surface area contributed by atoms with E-state index in [1.54, 1.807) is 24.3 Å². The topological polar surface area (TPSA) is 98.5 Å². The number of esters is 1. The van der Waals surface area contributed by atoms with Gasteiger partial charge in [-0.2, -0.15) is 0 Å². The Kier molecular flexibility index (Phi) is 7.94. The van der Waals surface area contributed by atoms with Crippen molar-refractivity contribution in [1.29, 1.82) is 0 Å². The average Bonchev–Trinajstić information content (AvgIpc) is 2.68. The van der Waals surface area contributed by atoms with Crippen LogP contribution < -0.4 is 5.32 Å². The fourth-order valence-electron chi connectivity index (χ4n) is 2.22. The van der Waals surface area contributed by atoms with Gasteiger partial charge in [-0.05, 0) is 43.2 Å². The highest BCUT2D eigenvalue weighted by atomic mass is 32.2. The number of non-ortho nitro benzene ring substituents is 1. The lowest BCUT2D eigenvalue weighted by atomic mass is 10.1. The van der Waals surface area contributed by atoms with Crippen molar-refractivity contribution in [2.45, 2.75) is 24.3 Å². The van der Waals surface area contributed by atoms with E-state index in [9.17, 15) is 24.1 Å². The number of nitrogens with zero attached hydrogens (tertiary/aromatic N) is 1. The van der Waals surface area contributed by atoms with Gasteiger partial charge in [0.15, 0.2) is 6.10 Å². The highest BCUT2D eigenvalue weighted by molar-refractivity contribution is 8.00. The van der Waals surface area contributed by atoms with Gasteiger partial charge in [0.05, 0.1) is 10.7 Å². The van der Waals surface area contributed by atoms with Crippen LogP contribution in [0.25, 0.3) is 0 Å². The first-order valence-electron chi connectivity index (χ1n) is 8.44. The second kappa shape index (κ2) is 10.4. The SMILES string of the molecule is C[C@@H](OC(=O)CSc1ccc([N+](=O)[O-])cc1)C(=O)NCCc1ccc(F)cc1. The normalized spacial score (nSPS) is 11.5. The summed E-state index contributed by atoms with van der Waals surface area (Å²) < 4.78 is 17.9. The predicted octanol–water partition coefficient (Wildman–Crippen LogP) is 3.12. The summed E-state index contributed by atoms with van der Waals surface area (Å²) in [5.41, 5.74) is 0.851. The maximum atomic E-state index is 12.8. The van der Waals surface area contributed by atoms with Crippen LogP contribution in [0, 0.1) is 15.9 Å². The van der Waals surface area contributed by atoms with Crippen LogP contribution in [0.2, 0.25) is 0 Å². The molecular formula is C19H19FN2O5S. The molecule has 0 heterocycles. The van der Waals surface area contributed by atoms with Crippen molar-refractivity contribution in [2.24, 2.45) is 0 Å². The molecule has 2 rings (SSSR count). The summed E-state index contributed by atoms with van der Waals surface area (Å²) in [7, 11) is 0. The summed E-state index contributed by atoms with van der Waals surface area (Å²) in [6.45, 7) is 1.81. The predicted molar refractivity (Wildman–Crippen MR) is 102 cm³/mol. The summed E-state index contributed by atoms with van der Waals surface area (Å²) >= 11 is 1.16. The van der Waals surface area contributed by atoms with E-state index < -0.39 is 22.9 Å². The minimum Gasteiger partial charge on any atom is -0.452 e. The number of hydrogen-bond acceptors (Lipinski definition) is 6. The second-order valence-corrected chi connectivity index (χ2v) is 6.89. The molecule has 1 atom stereocenters. The van der Waals surface area contributed by atoms with Gasteiger partial charge in [0.2, 0.25) is 0 Å². The maximum Gasteiger partial charge on any atom is 0.317 e. The molecule has 0 saturated heterocycles. The minimum absolute atomic E-state index is 0.0228. The molecule has 0 aliphatic heterocycles. The van der Waals surface area contributed by atoms with Crippen molar-refractivity contribution in [3.63, 3.8) is 0 Å². The molecule has 7 nitrogen and oxygen atoms in total. The van der Waals surface area contributed by atoms with E-state index in [0.29, 0.717) is 17.9 Å². The number of amides is 1. The molecule has 0 radical (unpaired) electrons. The number of hydrogen-bond donors (Lipinski definition) is 1. The largest absolute Gasteiger partial charge is 0.452 e. The van der Waals surface area contributed by atoms with Crippen molar-refractivity contribution >= 4 is 29.3 Å². The third-order valence-electron chi connectivity index (χ3n) is 3.71.